The van der Waals surface area contributed by atoms with Gasteiger partial charge in [0.15, 0.2) is 0 Å². The second-order valence-corrected chi connectivity index (χ2v) is 7.97. The van der Waals surface area contributed by atoms with Crippen LogP contribution in [0.3, 0.4) is 0 Å². The van der Waals surface area contributed by atoms with Crippen molar-refractivity contribution in [2.24, 2.45) is 10.2 Å². The van der Waals surface area contributed by atoms with Crippen LogP contribution in [0.4, 0.5) is 0 Å². The summed E-state index contributed by atoms with van der Waals surface area (Å²) in [5.41, 5.74) is 12.1. The van der Waals surface area contributed by atoms with Crippen molar-refractivity contribution in [2.45, 2.75) is 0 Å². The summed E-state index contributed by atoms with van der Waals surface area (Å²) >= 11 is 0. The van der Waals surface area contributed by atoms with Gasteiger partial charge in [0, 0.05) is 11.1 Å². The molecule has 0 unspecified atom stereocenters. The Bertz CT molecular complexity index is 1250. The van der Waals surface area contributed by atoms with Gasteiger partial charge in [0.25, 0.3) is 0 Å². The molecule has 0 aliphatic rings. The summed E-state index contributed by atoms with van der Waals surface area (Å²) in [6, 6.07) is 40.6. The van der Waals surface area contributed by atoms with Gasteiger partial charge in [-0.1, -0.05) is 128 Å². The van der Waals surface area contributed by atoms with Crippen molar-refractivity contribution in [3.63, 3.8) is 0 Å². The van der Waals surface area contributed by atoms with Gasteiger partial charge in [-0.05, 0) is 34.4 Å². The van der Waals surface area contributed by atoms with E-state index in [1.807, 2.05) is 72.8 Å². The lowest BCUT2D eigenvalue weighted by atomic mass is 10.0. The minimum absolute atomic E-state index is 0.460. The van der Waals surface area contributed by atoms with E-state index >= 15 is 0 Å². The summed E-state index contributed by atoms with van der Waals surface area (Å²) in [7, 11) is 0. The Hall–Kier alpha value is -4.96. The summed E-state index contributed by atoms with van der Waals surface area (Å²) in [6.45, 7) is 3.97. The maximum Gasteiger partial charge on any atom is 0.132 e. The molecule has 4 aromatic carbocycles. The molecular formula is C32H28N4. The van der Waals surface area contributed by atoms with Crippen LogP contribution in [0.5, 0.6) is 0 Å². The molecule has 176 valence electrons. The van der Waals surface area contributed by atoms with Crippen molar-refractivity contribution in [3.05, 3.63) is 156 Å². The van der Waals surface area contributed by atoms with Gasteiger partial charge in [-0.2, -0.15) is 10.2 Å². The van der Waals surface area contributed by atoms with Crippen LogP contribution in [0.25, 0.3) is 23.3 Å². The fourth-order valence-corrected chi connectivity index (χ4v) is 3.49. The van der Waals surface area contributed by atoms with E-state index in [-0.39, 0.29) is 0 Å². The Labute approximate surface area is 212 Å². The SMILES string of the molecule is C=C(N/N=C/C(=C/c1ccccc1)c1ccccc1)N/N=C/C(=C/c1ccccc1)c1ccccc1. The van der Waals surface area contributed by atoms with E-state index in [9.17, 15) is 0 Å². The normalized spacial score (nSPS) is 12.1. The molecule has 0 spiro atoms. The summed E-state index contributed by atoms with van der Waals surface area (Å²) < 4.78 is 0. The lowest BCUT2D eigenvalue weighted by Crippen LogP contribution is -2.17. The first-order valence-electron chi connectivity index (χ1n) is 11.7. The van der Waals surface area contributed by atoms with Crippen LogP contribution in [0.1, 0.15) is 22.3 Å². The van der Waals surface area contributed by atoms with Crippen molar-refractivity contribution in [1.29, 1.82) is 0 Å². The number of hydrogen-bond donors (Lipinski definition) is 2. The quantitative estimate of drug-likeness (QED) is 0.148. The van der Waals surface area contributed by atoms with Gasteiger partial charge in [-0.15, -0.1) is 0 Å². The molecule has 0 bridgehead atoms. The molecule has 4 nitrogen and oxygen atoms in total. The van der Waals surface area contributed by atoms with Crippen molar-refractivity contribution < 1.29 is 0 Å². The number of allylic oxidation sites excluding steroid dienone is 2. The highest BCUT2D eigenvalue weighted by Gasteiger charge is 2.01. The average Bonchev–Trinajstić information content (AvgIpc) is 2.94. The van der Waals surface area contributed by atoms with Crippen molar-refractivity contribution >= 4 is 35.7 Å². The highest BCUT2D eigenvalue weighted by atomic mass is 15.4. The molecule has 0 saturated heterocycles. The summed E-state index contributed by atoms with van der Waals surface area (Å²) in [5, 5.41) is 8.75. The van der Waals surface area contributed by atoms with Crippen LogP contribution in [0.2, 0.25) is 0 Å². The highest BCUT2D eigenvalue weighted by Crippen LogP contribution is 2.17. The van der Waals surface area contributed by atoms with E-state index in [4.69, 9.17) is 0 Å². The largest absolute Gasteiger partial charge is 0.262 e. The molecule has 0 amide bonds. The predicted octanol–water partition coefficient (Wildman–Crippen LogP) is 7.09. The maximum absolute atomic E-state index is 4.37. The predicted molar refractivity (Wildman–Crippen MR) is 154 cm³/mol. The zero-order valence-corrected chi connectivity index (χ0v) is 20.0. The fraction of sp³-hybridized carbons (Fsp3) is 0. The maximum atomic E-state index is 4.37. The number of hydrogen-bond acceptors (Lipinski definition) is 4. The van der Waals surface area contributed by atoms with Crippen molar-refractivity contribution in [2.75, 3.05) is 0 Å². The van der Waals surface area contributed by atoms with E-state index in [2.05, 4.69) is 88.3 Å². The van der Waals surface area contributed by atoms with E-state index in [0.717, 1.165) is 33.4 Å². The molecule has 0 fully saturated rings. The van der Waals surface area contributed by atoms with E-state index in [1.165, 1.54) is 0 Å². The number of nitrogens with zero attached hydrogens (tertiary/aromatic N) is 2. The second kappa shape index (κ2) is 13.1. The summed E-state index contributed by atoms with van der Waals surface area (Å²) in [4.78, 5) is 0. The van der Waals surface area contributed by atoms with Gasteiger partial charge in [0.2, 0.25) is 0 Å². The van der Waals surface area contributed by atoms with Crippen LogP contribution in [-0.4, -0.2) is 12.4 Å². The molecule has 0 aliphatic carbocycles. The van der Waals surface area contributed by atoms with Gasteiger partial charge in [-0.3, -0.25) is 10.9 Å². The molecule has 2 N–H and O–H groups in total. The summed E-state index contributed by atoms with van der Waals surface area (Å²) in [5.74, 6) is 0.460. The van der Waals surface area contributed by atoms with Crippen molar-refractivity contribution in [3.8, 4) is 0 Å². The minimum atomic E-state index is 0.460. The molecule has 36 heavy (non-hydrogen) atoms. The monoisotopic (exact) mass is 468 g/mol. The van der Waals surface area contributed by atoms with Gasteiger partial charge < -0.3 is 0 Å². The summed E-state index contributed by atoms with van der Waals surface area (Å²) in [6.07, 6.45) is 7.75. The first kappa shape index (κ1) is 24.2. The van der Waals surface area contributed by atoms with Crippen LogP contribution >= 0.6 is 0 Å². The molecule has 0 atom stereocenters. The minimum Gasteiger partial charge on any atom is -0.262 e. The fourth-order valence-electron chi connectivity index (χ4n) is 3.49. The van der Waals surface area contributed by atoms with E-state index in [0.29, 0.717) is 5.82 Å². The van der Waals surface area contributed by atoms with E-state index < -0.39 is 0 Å². The number of nitrogens with one attached hydrogen (secondary N) is 2. The standard InChI is InChI=1S/C32H28N4/c1-26(35-33-24-31(29-18-10-4-11-19-29)22-27-14-6-2-7-15-27)36-34-25-32(30-20-12-5-13-21-30)23-28-16-8-3-9-17-28/h2-25,35-36H,1H2/b31-22-,32-23-,33-24+,34-25+. The number of benzene rings is 4. The van der Waals surface area contributed by atoms with Crippen molar-refractivity contribution in [1.82, 2.24) is 10.9 Å². The molecular weight excluding hydrogens is 440 g/mol. The number of rotatable bonds is 10. The Morgan fingerprint density at radius 2 is 0.833 bits per heavy atom. The van der Waals surface area contributed by atoms with Gasteiger partial charge >= 0.3 is 0 Å². The second-order valence-electron chi connectivity index (χ2n) is 7.97. The van der Waals surface area contributed by atoms with E-state index in [1.54, 1.807) is 12.4 Å². The van der Waals surface area contributed by atoms with Gasteiger partial charge in [-0.25, -0.2) is 0 Å². The first-order valence-corrected chi connectivity index (χ1v) is 11.7. The molecule has 4 rings (SSSR count). The Kier molecular flexibility index (Phi) is 8.77. The van der Waals surface area contributed by atoms with Crippen LogP contribution < -0.4 is 10.9 Å². The highest BCUT2D eigenvalue weighted by molar-refractivity contribution is 6.16. The molecule has 0 radical (unpaired) electrons. The Morgan fingerprint density at radius 3 is 1.19 bits per heavy atom. The smallest absolute Gasteiger partial charge is 0.132 e. The van der Waals surface area contributed by atoms with Crippen LogP contribution in [0, 0.1) is 0 Å². The van der Waals surface area contributed by atoms with Crippen LogP contribution in [0.15, 0.2) is 144 Å². The third-order valence-corrected chi connectivity index (χ3v) is 5.26. The first-order chi connectivity index (χ1) is 17.8. The number of hydrazone groups is 2. The molecule has 4 aromatic rings. The zero-order valence-electron chi connectivity index (χ0n) is 20.0. The molecule has 0 aliphatic heterocycles. The van der Waals surface area contributed by atoms with Crippen LogP contribution in [-0.2, 0) is 0 Å². The topological polar surface area (TPSA) is 48.8 Å². The molecule has 0 saturated carbocycles. The third-order valence-electron chi connectivity index (χ3n) is 5.26. The van der Waals surface area contributed by atoms with Gasteiger partial charge in [0.1, 0.15) is 5.82 Å². The third kappa shape index (κ3) is 7.54. The zero-order chi connectivity index (χ0) is 24.8. The lowest BCUT2D eigenvalue weighted by Gasteiger charge is -2.06. The van der Waals surface area contributed by atoms with Gasteiger partial charge in [0.05, 0.1) is 12.4 Å². The Balaban J connectivity index is 1.43. The Morgan fingerprint density at radius 1 is 0.500 bits per heavy atom. The molecule has 4 heteroatoms. The molecule has 0 heterocycles. The molecule has 0 aromatic heterocycles. The lowest BCUT2D eigenvalue weighted by molar-refractivity contribution is 0.753. The average molecular weight is 469 g/mol.